The van der Waals surface area contributed by atoms with E-state index in [1.807, 2.05) is 0 Å². The summed E-state index contributed by atoms with van der Waals surface area (Å²) in [6, 6.07) is 0. The summed E-state index contributed by atoms with van der Waals surface area (Å²) in [4.78, 5) is 38.4. The molecule has 81 heavy (non-hydrogen) atoms. The van der Waals surface area contributed by atoms with Crippen LogP contribution in [0.25, 0.3) is 0 Å². The van der Waals surface area contributed by atoms with Crippen LogP contribution in [0.2, 0.25) is 0 Å². The molecule has 0 amide bonds. The van der Waals surface area contributed by atoms with Crippen LogP contribution < -0.4 is 0 Å². The third kappa shape index (κ3) is 65.7. The smallest absolute Gasteiger partial charge is 0.306 e. The highest BCUT2D eigenvalue weighted by Crippen LogP contribution is 2.14. The van der Waals surface area contributed by atoms with Gasteiger partial charge in [-0.3, -0.25) is 14.4 Å². The first-order valence-electron chi connectivity index (χ1n) is 33.0. The molecule has 0 aliphatic heterocycles. The van der Waals surface area contributed by atoms with Gasteiger partial charge in [0.1, 0.15) is 13.2 Å². The minimum atomic E-state index is -0.813. The molecule has 0 bridgehead atoms. The molecule has 0 aromatic carbocycles. The SMILES string of the molecule is CC/C=C\C/C=C\C/C=C\C/C=C\C/C=C\C/C=C\C/C=C\CCCCCCCCCC(=O)OCC(COC(=O)CCCCCCC/C=C\CCCCCCCC)OC(=O)CCCCC/C=C\C/C=C\C/C=C\C/C=C\C/C=C\CC. The van der Waals surface area contributed by atoms with Gasteiger partial charge in [-0.1, -0.05) is 269 Å². The second-order valence-electron chi connectivity index (χ2n) is 21.3. The summed E-state index contributed by atoms with van der Waals surface area (Å²) in [6.07, 6.45) is 98.2. The molecule has 0 aliphatic carbocycles. The fraction of sp³-hybridized carbons (Fsp3) is 0.613. The Morgan fingerprint density at radius 1 is 0.259 bits per heavy atom. The molecule has 0 aromatic rings. The standard InChI is InChI=1S/C75H120O6/c1-4-7-10-13-16-19-22-25-28-30-32-33-34-35-36-37-38-39-40-41-43-44-47-50-53-56-59-62-65-68-74(77)80-71-72(70-79-73(76)67-64-61-58-55-52-49-46-27-24-21-18-15-12-9-6-3)81-75(78)69-66-63-60-57-54-51-48-45-42-31-29-26-23-20-17-14-11-8-5-2/h7-8,10-11,16-17,19-20,25-29,32-33,35-36,38-39,41-43,45-46,51,54,72H,4-6,9,12-15,18,21-24,30-31,34,37,40,44,47-50,52-53,55-71H2,1-3H3/b10-7-,11-8-,19-16-,20-17-,28-25-,29-26-,33-32-,36-35-,39-38-,43-41-,45-42-,46-27-,54-51-. The molecule has 1 unspecified atom stereocenters. The summed E-state index contributed by atoms with van der Waals surface area (Å²) in [5, 5.41) is 0. The minimum absolute atomic E-state index is 0.105. The maximum Gasteiger partial charge on any atom is 0.306 e. The number of esters is 3. The van der Waals surface area contributed by atoms with Gasteiger partial charge >= 0.3 is 17.9 Å². The molecule has 0 heterocycles. The largest absolute Gasteiger partial charge is 0.462 e. The number of ether oxygens (including phenoxy) is 3. The van der Waals surface area contributed by atoms with E-state index in [9.17, 15) is 14.4 Å². The van der Waals surface area contributed by atoms with E-state index in [1.54, 1.807) is 0 Å². The van der Waals surface area contributed by atoms with E-state index >= 15 is 0 Å². The van der Waals surface area contributed by atoms with Crippen molar-refractivity contribution in [2.45, 2.75) is 284 Å². The van der Waals surface area contributed by atoms with Crippen LogP contribution in [0.15, 0.2) is 158 Å². The van der Waals surface area contributed by atoms with E-state index in [1.165, 1.54) is 77.0 Å². The van der Waals surface area contributed by atoms with Gasteiger partial charge in [-0.25, -0.2) is 0 Å². The average molecular weight is 1120 g/mol. The van der Waals surface area contributed by atoms with Gasteiger partial charge in [0.2, 0.25) is 0 Å². The molecule has 0 saturated carbocycles. The zero-order valence-electron chi connectivity index (χ0n) is 52.2. The van der Waals surface area contributed by atoms with Crippen LogP contribution in [0.1, 0.15) is 278 Å². The molecule has 0 radical (unpaired) electrons. The van der Waals surface area contributed by atoms with Gasteiger partial charge in [0.25, 0.3) is 0 Å². The lowest BCUT2D eigenvalue weighted by Gasteiger charge is -2.18. The van der Waals surface area contributed by atoms with Crippen molar-refractivity contribution in [3.05, 3.63) is 158 Å². The van der Waals surface area contributed by atoms with Gasteiger partial charge in [0, 0.05) is 19.3 Å². The Kier molecular flexibility index (Phi) is 63.4. The predicted octanol–water partition coefficient (Wildman–Crippen LogP) is 22.9. The topological polar surface area (TPSA) is 78.9 Å². The first kappa shape index (κ1) is 76.0. The molecular weight excluding hydrogens is 997 g/mol. The maximum atomic E-state index is 12.9. The van der Waals surface area contributed by atoms with Crippen molar-refractivity contribution >= 4 is 17.9 Å². The Hall–Kier alpha value is -4.97. The van der Waals surface area contributed by atoms with Crippen molar-refractivity contribution in [2.24, 2.45) is 0 Å². The predicted molar refractivity (Wildman–Crippen MR) is 352 cm³/mol. The van der Waals surface area contributed by atoms with Gasteiger partial charge in [-0.2, -0.15) is 0 Å². The molecule has 1 atom stereocenters. The lowest BCUT2D eigenvalue weighted by molar-refractivity contribution is -0.167. The molecule has 0 saturated heterocycles. The van der Waals surface area contributed by atoms with Crippen LogP contribution >= 0.6 is 0 Å². The summed E-state index contributed by atoms with van der Waals surface area (Å²) in [6.45, 7) is 6.37. The Morgan fingerprint density at radius 3 is 0.778 bits per heavy atom. The van der Waals surface area contributed by atoms with E-state index in [0.29, 0.717) is 19.3 Å². The Balaban J connectivity index is 4.44. The fourth-order valence-corrected chi connectivity index (χ4v) is 8.62. The first-order valence-corrected chi connectivity index (χ1v) is 33.0. The number of carbonyl (C=O) groups excluding carboxylic acids is 3. The summed E-state index contributed by atoms with van der Waals surface area (Å²) < 4.78 is 16.9. The highest BCUT2D eigenvalue weighted by atomic mass is 16.6. The van der Waals surface area contributed by atoms with Crippen molar-refractivity contribution in [3.63, 3.8) is 0 Å². The van der Waals surface area contributed by atoms with Gasteiger partial charge in [-0.15, -0.1) is 0 Å². The van der Waals surface area contributed by atoms with E-state index in [4.69, 9.17) is 14.2 Å². The number of hydrogen-bond donors (Lipinski definition) is 0. The second kappa shape index (κ2) is 67.5. The number of rotatable bonds is 58. The zero-order chi connectivity index (χ0) is 58.5. The Labute approximate surface area is 499 Å². The maximum absolute atomic E-state index is 12.9. The molecule has 0 rings (SSSR count). The molecule has 456 valence electrons. The summed E-state index contributed by atoms with van der Waals surface area (Å²) in [5.74, 6) is -0.957. The number of carbonyl (C=O) groups is 3. The second-order valence-corrected chi connectivity index (χ2v) is 21.3. The Morgan fingerprint density at radius 2 is 0.481 bits per heavy atom. The normalized spacial score (nSPS) is 13.2. The molecular formula is C75H120O6. The molecule has 0 spiro atoms. The van der Waals surface area contributed by atoms with Crippen LogP contribution in [0.4, 0.5) is 0 Å². The van der Waals surface area contributed by atoms with Crippen molar-refractivity contribution in [3.8, 4) is 0 Å². The highest BCUT2D eigenvalue weighted by molar-refractivity contribution is 5.71. The third-order valence-corrected chi connectivity index (χ3v) is 13.5. The first-order chi connectivity index (χ1) is 40.0. The number of unbranched alkanes of at least 4 members (excludes halogenated alkanes) is 21. The van der Waals surface area contributed by atoms with Gasteiger partial charge in [0.05, 0.1) is 0 Å². The molecule has 0 aliphatic rings. The summed E-state index contributed by atoms with van der Waals surface area (Å²) in [7, 11) is 0. The Bertz CT molecular complexity index is 1810. The molecule has 6 nitrogen and oxygen atoms in total. The highest BCUT2D eigenvalue weighted by Gasteiger charge is 2.19. The van der Waals surface area contributed by atoms with Gasteiger partial charge in [0.15, 0.2) is 6.10 Å². The quantitative estimate of drug-likeness (QED) is 0.0261. The van der Waals surface area contributed by atoms with Crippen molar-refractivity contribution in [2.75, 3.05) is 13.2 Å². The molecule has 6 heteroatoms. The lowest BCUT2D eigenvalue weighted by atomic mass is 10.1. The average Bonchev–Trinajstić information content (AvgIpc) is 3.47. The van der Waals surface area contributed by atoms with Crippen LogP contribution in [0.5, 0.6) is 0 Å². The fourth-order valence-electron chi connectivity index (χ4n) is 8.62. The van der Waals surface area contributed by atoms with Crippen LogP contribution in [-0.2, 0) is 28.6 Å². The number of hydrogen-bond acceptors (Lipinski definition) is 6. The van der Waals surface area contributed by atoms with Crippen LogP contribution in [-0.4, -0.2) is 37.2 Å². The van der Waals surface area contributed by atoms with Gasteiger partial charge in [-0.05, 0) is 148 Å². The molecule has 0 aromatic heterocycles. The van der Waals surface area contributed by atoms with E-state index in [-0.39, 0.29) is 37.5 Å². The summed E-state index contributed by atoms with van der Waals surface area (Å²) in [5.41, 5.74) is 0. The molecule has 0 N–H and O–H groups in total. The number of allylic oxidation sites excluding steroid dienone is 26. The van der Waals surface area contributed by atoms with Crippen LogP contribution in [0.3, 0.4) is 0 Å². The zero-order valence-corrected chi connectivity index (χ0v) is 52.2. The van der Waals surface area contributed by atoms with Crippen LogP contribution in [0, 0.1) is 0 Å². The minimum Gasteiger partial charge on any atom is -0.462 e. The van der Waals surface area contributed by atoms with Gasteiger partial charge < -0.3 is 14.2 Å². The van der Waals surface area contributed by atoms with E-state index in [2.05, 4.69) is 179 Å². The lowest BCUT2D eigenvalue weighted by Crippen LogP contribution is -2.30. The van der Waals surface area contributed by atoms with E-state index < -0.39 is 6.10 Å². The third-order valence-electron chi connectivity index (χ3n) is 13.5. The molecule has 0 fully saturated rings. The summed E-state index contributed by atoms with van der Waals surface area (Å²) >= 11 is 0. The van der Waals surface area contributed by atoms with Crippen molar-refractivity contribution in [1.29, 1.82) is 0 Å². The van der Waals surface area contributed by atoms with Crippen molar-refractivity contribution < 1.29 is 28.6 Å². The van der Waals surface area contributed by atoms with E-state index in [0.717, 1.165) is 154 Å². The van der Waals surface area contributed by atoms with Crippen molar-refractivity contribution in [1.82, 2.24) is 0 Å². The monoisotopic (exact) mass is 1120 g/mol.